The van der Waals surface area contributed by atoms with Crippen molar-refractivity contribution in [2.24, 2.45) is 11.7 Å². The van der Waals surface area contributed by atoms with Crippen molar-refractivity contribution in [2.75, 3.05) is 11.9 Å². The first-order valence-corrected chi connectivity index (χ1v) is 6.55. The summed E-state index contributed by atoms with van der Waals surface area (Å²) in [5, 5.41) is 6.50. The van der Waals surface area contributed by atoms with Crippen LogP contribution in [0.5, 0.6) is 0 Å². The van der Waals surface area contributed by atoms with E-state index in [9.17, 15) is 0 Å². The monoisotopic (exact) mass is 225 g/mol. The Morgan fingerprint density at radius 3 is 3.00 bits per heavy atom. The fraction of sp³-hybridized carbons (Fsp3) is 0.727. The van der Waals surface area contributed by atoms with E-state index in [2.05, 4.69) is 15.7 Å². The molecule has 1 saturated carbocycles. The van der Waals surface area contributed by atoms with Crippen LogP contribution in [-0.2, 0) is 0 Å². The van der Waals surface area contributed by atoms with Crippen molar-refractivity contribution in [1.29, 1.82) is 0 Å². The van der Waals surface area contributed by atoms with E-state index in [0.717, 1.165) is 17.4 Å². The van der Waals surface area contributed by atoms with Crippen LogP contribution >= 0.6 is 11.3 Å². The van der Waals surface area contributed by atoms with E-state index >= 15 is 0 Å². The van der Waals surface area contributed by atoms with E-state index in [4.69, 9.17) is 5.73 Å². The van der Waals surface area contributed by atoms with E-state index in [0.29, 0.717) is 12.0 Å². The van der Waals surface area contributed by atoms with Gasteiger partial charge in [0.25, 0.3) is 0 Å². The largest absolute Gasteiger partial charge is 0.361 e. The number of hydrogen-bond acceptors (Lipinski definition) is 4. The summed E-state index contributed by atoms with van der Waals surface area (Å²) in [5.74, 6) is 0.628. The molecule has 0 saturated heterocycles. The molecular weight excluding hydrogens is 206 g/mol. The molecule has 2 atom stereocenters. The molecule has 15 heavy (non-hydrogen) atoms. The van der Waals surface area contributed by atoms with Crippen molar-refractivity contribution in [3.8, 4) is 0 Å². The molecule has 1 aliphatic carbocycles. The van der Waals surface area contributed by atoms with Crippen LogP contribution in [0.15, 0.2) is 5.38 Å². The Hall–Kier alpha value is -0.610. The lowest BCUT2D eigenvalue weighted by atomic mass is 9.85. The standard InChI is InChI=1S/C11H19N3S/c1-8-7-15-11(14-8)13-6-9-4-2-3-5-10(9)12/h7,9-10H,2-6,12H2,1H3,(H,13,14). The van der Waals surface area contributed by atoms with Gasteiger partial charge in [-0.3, -0.25) is 0 Å². The van der Waals surface area contributed by atoms with Gasteiger partial charge in [0.05, 0.1) is 5.69 Å². The summed E-state index contributed by atoms with van der Waals surface area (Å²) in [6, 6.07) is 0.382. The SMILES string of the molecule is Cc1csc(NCC2CCCCC2N)n1. The van der Waals surface area contributed by atoms with Crippen molar-refractivity contribution < 1.29 is 0 Å². The molecule has 0 radical (unpaired) electrons. The van der Waals surface area contributed by atoms with Crippen LogP contribution in [0.1, 0.15) is 31.4 Å². The Morgan fingerprint density at radius 1 is 1.53 bits per heavy atom. The lowest BCUT2D eigenvalue weighted by Crippen LogP contribution is -2.37. The maximum Gasteiger partial charge on any atom is 0.182 e. The third-order valence-electron chi connectivity index (χ3n) is 3.10. The zero-order valence-corrected chi connectivity index (χ0v) is 10.0. The van der Waals surface area contributed by atoms with Gasteiger partial charge in [-0.15, -0.1) is 11.3 Å². The normalized spacial score (nSPS) is 26.5. The number of anilines is 1. The fourth-order valence-electron chi connectivity index (χ4n) is 2.14. The molecule has 84 valence electrons. The fourth-order valence-corrected chi connectivity index (χ4v) is 2.84. The smallest absolute Gasteiger partial charge is 0.182 e. The molecule has 0 bridgehead atoms. The summed E-state index contributed by atoms with van der Waals surface area (Å²) in [6.07, 6.45) is 5.08. The molecule has 3 nitrogen and oxygen atoms in total. The summed E-state index contributed by atoms with van der Waals surface area (Å²) < 4.78 is 0. The van der Waals surface area contributed by atoms with Gasteiger partial charge < -0.3 is 11.1 Å². The van der Waals surface area contributed by atoms with Crippen molar-refractivity contribution in [1.82, 2.24) is 4.98 Å². The van der Waals surface area contributed by atoms with Gasteiger partial charge in [0.15, 0.2) is 5.13 Å². The van der Waals surface area contributed by atoms with Crippen molar-refractivity contribution in [3.63, 3.8) is 0 Å². The van der Waals surface area contributed by atoms with Crippen LogP contribution in [-0.4, -0.2) is 17.6 Å². The second-order valence-electron chi connectivity index (χ2n) is 4.38. The highest BCUT2D eigenvalue weighted by Crippen LogP contribution is 2.24. The summed E-state index contributed by atoms with van der Waals surface area (Å²) >= 11 is 1.68. The zero-order valence-electron chi connectivity index (χ0n) is 9.20. The maximum atomic E-state index is 6.09. The second-order valence-corrected chi connectivity index (χ2v) is 5.24. The quantitative estimate of drug-likeness (QED) is 0.830. The predicted octanol–water partition coefficient (Wildman–Crippen LogP) is 2.38. The topological polar surface area (TPSA) is 50.9 Å². The highest BCUT2D eigenvalue weighted by molar-refractivity contribution is 7.13. The number of aryl methyl sites for hydroxylation is 1. The van der Waals surface area contributed by atoms with E-state index in [1.165, 1.54) is 25.7 Å². The van der Waals surface area contributed by atoms with Crippen LogP contribution in [0.4, 0.5) is 5.13 Å². The predicted molar refractivity (Wildman–Crippen MR) is 65.3 cm³/mol. The van der Waals surface area contributed by atoms with E-state index in [1.807, 2.05) is 6.92 Å². The third kappa shape index (κ3) is 2.92. The first kappa shape index (κ1) is 10.9. The van der Waals surface area contributed by atoms with Gasteiger partial charge in [-0.1, -0.05) is 12.8 Å². The lowest BCUT2D eigenvalue weighted by Gasteiger charge is -2.28. The van der Waals surface area contributed by atoms with Gasteiger partial charge in [0.1, 0.15) is 0 Å². The minimum absolute atomic E-state index is 0.382. The van der Waals surface area contributed by atoms with Gasteiger partial charge in [-0.25, -0.2) is 4.98 Å². The molecule has 1 fully saturated rings. The molecule has 0 aromatic carbocycles. The molecule has 3 N–H and O–H groups in total. The van der Waals surface area contributed by atoms with Crippen LogP contribution in [0.25, 0.3) is 0 Å². The highest BCUT2D eigenvalue weighted by atomic mass is 32.1. The Bertz CT molecular complexity index is 311. The van der Waals surface area contributed by atoms with Gasteiger partial charge >= 0.3 is 0 Å². The van der Waals surface area contributed by atoms with E-state index < -0.39 is 0 Å². The van der Waals surface area contributed by atoms with Crippen molar-refractivity contribution in [2.45, 2.75) is 38.6 Å². The molecule has 1 aromatic rings. The van der Waals surface area contributed by atoms with E-state index in [-0.39, 0.29) is 0 Å². The molecule has 1 aliphatic rings. The number of rotatable bonds is 3. The number of thiazole rings is 1. The van der Waals surface area contributed by atoms with E-state index in [1.54, 1.807) is 11.3 Å². The molecule has 1 heterocycles. The lowest BCUT2D eigenvalue weighted by molar-refractivity contribution is 0.321. The number of nitrogens with zero attached hydrogens (tertiary/aromatic N) is 1. The van der Waals surface area contributed by atoms with Gasteiger partial charge in [0.2, 0.25) is 0 Å². The summed E-state index contributed by atoms with van der Waals surface area (Å²) in [4.78, 5) is 4.39. The molecule has 0 aliphatic heterocycles. The average molecular weight is 225 g/mol. The van der Waals surface area contributed by atoms with Crippen molar-refractivity contribution in [3.05, 3.63) is 11.1 Å². The zero-order chi connectivity index (χ0) is 10.7. The average Bonchev–Trinajstić information content (AvgIpc) is 2.63. The maximum absolute atomic E-state index is 6.09. The molecule has 1 aromatic heterocycles. The van der Waals surface area contributed by atoms with Gasteiger partial charge in [0, 0.05) is 18.0 Å². The first-order valence-electron chi connectivity index (χ1n) is 5.67. The Labute approximate surface area is 95.1 Å². The number of nitrogens with two attached hydrogens (primary N) is 1. The Kier molecular flexibility index (Phi) is 3.59. The molecule has 0 spiro atoms. The highest BCUT2D eigenvalue weighted by Gasteiger charge is 2.21. The number of aromatic nitrogens is 1. The summed E-state index contributed by atoms with van der Waals surface area (Å²) in [5.41, 5.74) is 7.18. The third-order valence-corrected chi connectivity index (χ3v) is 4.02. The van der Waals surface area contributed by atoms with Crippen LogP contribution in [0.2, 0.25) is 0 Å². The second kappa shape index (κ2) is 4.94. The minimum Gasteiger partial charge on any atom is -0.361 e. The molecule has 4 heteroatoms. The number of nitrogens with one attached hydrogen (secondary N) is 1. The summed E-state index contributed by atoms with van der Waals surface area (Å²) in [6.45, 7) is 3.00. The molecular formula is C11H19N3S. The van der Waals surface area contributed by atoms with Crippen LogP contribution < -0.4 is 11.1 Å². The Balaban J connectivity index is 1.81. The Morgan fingerprint density at radius 2 is 2.33 bits per heavy atom. The first-order chi connectivity index (χ1) is 7.25. The van der Waals surface area contributed by atoms with Crippen LogP contribution in [0.3, 0.4) is 0 Å². The molecule has 2 rings (SSSR count). The van der Waals surface area contributed by atoms with Crippen molar-refractivity contribution >= 4 is 16.5 Å². The summed E-state index contributed by atoms with van der Waals surface area (Å²) in [7, 11) is 0. The van der Waals surface area contributed by atoms with Gasteiger partial charge in [-0.2, -0.15) is 0 Å². The van der Waals surface area contributed by atoms with Gasteiger partial charge in [-0.05, 0) is 25.7 Å². The number of hydrogen-bond donors (Lipinski definition) is 2. The molecule has 0 amide bonds. The molecule has 2 unspecified atom stereocenters. The van der Waals surface area contributed by atoms with Crippen LogP contribution in [0, 0.1) is 12.8 Å². The minimum atomic E-state index is 0.382.